The van der Waals surface area contributed by atoms with E-state index in [1.807, 2.05) is 0 Å². The summed E-state index contributed by atoms with van der Waals surface area (Å²) in [6.45, 7) is 1.51. The minimum absolute atomic E-state index is 0.000643. The van der Waals surface area contributed by atoms with Crippen LogP contribution in [0.25, 0.3) is 0 Å². The number of carbonyl (C=O) groups excluding carboxylic acids is 2. The summed E-state index contributed by atoms with van der Waals surface area (Å²) in [4.78, 5) is 24.1. The fraction of sp³-hybridized carbons (Fsp3) is 0.263. The zero-order valence-electron chi connectivity index (χ0n) is 15.2. The van der Waals surface area contributed by atoms with Gasteiger partial charge in [-0.05, 0) is 37.3 Å². The molecule has 0 spiro atoms. The van der Waals surface area contributed by atoms with Gasteiger partial charge in [0.15, 0.2) is 6.10 Å². The van der Waals surface area contributed by atoms with Gasteiger partial charge in [-0.15, -0.1) is 0 Å². The molecule has 2 N–H and O–H groups in total. The largest absolute Gasteiger partial charge is 0.497 e. The molecule has 0 heterocycles. The number of hydrazine groups is 1. The van der Waals surface area contributed by atoms with Gasteiger partial charge in [0, 0.05) is 11.6 Å². The summed E-state index contributed by atoms with van der Waals surface area (Å²) in [6.07, 6.45) is -0.882. The number of ether oxygens (including phenoxy) is 3. The monoisotopic (exact) mass is 376 g/mol. The van der Waals surface area contributed by atoms with Crippen LogP contribution >= 0.6 is 0 Å². The highest BCUT2D eigenvalue weighted by Crippen LogP contribution is 2.24. The number of carbonyl (C=O) groups is 2. The first-order valence-electron chi connectivity index (χ1n) is 8.14. The van der Waals surface area contributed by atoms with Gasteiger partial charge < -0.3 is 14.2 Å². The van der Waals surface area contributed by atoms with Gasteiger partial charge in [0.2, 0.25) is 5.91 Å². The number of benzene rings is 2. The molecule has 2 aromatic rings. The summed E-state index contributed by atoms with van der Waals surface area (Å²) < 4.78 is 28.6. The summed E-state index contributed by atoms with van der Waals surface area (Å²) in [5.74, 6) is 0.0732. The van der Waals surface area contributed by atoms with Crippen molar-refractivity contribution in [1.29, 1.82) is 0 Å². The van der Waals surface area contributed by atoms with E-state index in [0.717, 1.165) is 0 Å². The standard InChI is InChI=1S/C19H21FN2O5/c1-12(27-15-8-5-14(20)6-9-15)19(24)22-21-18(23)10-13-4-7-16(25-2)11-17(13)26-3/h4-9,11-12H,10H2,1-3H3,(H,21,23)(H,22,24)/t12-/m0/s1. The fourth-order valence-electron chi connectivity index (χ4n) is 2.22. The molecule has 27 heavy (non-hydrogen) atoms. The Bertz CT molecular complexity index is 795. The molecule has 0 aliphatic heterocycles. The van der Waals surface area contributed by atoms with Crippen molar-refractivity contribution in [2.75, 3.05) is 14.2 Å². The Hall–Kier alpha value is -3.29. The molecule has 0 saturated heterocycles. The maximum atomic E-state index is 12.9. The van der Waals surface area contributed by atoms with Crippen LogP contribution in [-0.4, -0.2) is 32.1 Å². The van der Waals surface area contributed by atoms with Crippen molar-refractivity contribution in [1.82, 2.24) is 10.9 Å². The first-order valence-corrected chi connectivity index (χ1v) is 8.14. The van der Waals surface area contributed by atoms with Crippen molar-refractivity contribution in [3.05, 3.63) is 53.8 Å². The fourth-order valence-corrected chi connectivity index (χ4v) is 2.22. The highest BCUT2D eigenvalue weighted by atomic mass is 19.1. The molecule has 2 aromatic carbocycles. The maximum Gasteiger partial charge on any atom is 0.279 e. The summed E-state index contributed by atoms with van der Waals surface area (Å²) in [5.41, 5.74) is 5.25. The van der Waals surface area contributed by atoms with Gasteiger partial charge >= 0.3 is 0 Å². The Kier molecular flexibility index (Phi) is 6.99. The van der Waals surface area contributed by atoms with Crippen molar-refractivity contribution in [3.63, 3.8) is 0 Å². The second-order valence-electron chi connectivity index (χ2n) is 5.61. The average Bonchev–Trinajstić information content (AvgIpc) is 2.68. The van der Waals surface area contributed by atoms with Crippen molar-refractivity contribution in [2.45, 2.75) is 19.4 Å². The second-order valence-corrected chi connectivity index (χ2v) is 5.61. The van der Waals surface area contributed by atoms with Crippen LogP contribution in [0.3, 0.4) is 0 Å². The van der Waals surface area contributed by atoms with Crippen LogP contribution in [0.15, 0.2) is 42.5 Å². The van der Waals surface area contributed by atoms with Gasteiger partial charge in [0.1, 0.15) is 23.1 Å². The van der Waals surface area contributed by atoms with Crippen molar-refractivity contribution < 1.29 is 28.2 Å². The third-order valence-electron chi connectivity index (χ3n) is 3.67. The second kappa shape index (κ2) is 9.42. The third-order valence-corrected chi connectivity index (χ3v) is 3.67. The Balaban J connectivity index is 1.85. The first-order chi connectivity index (χ1) is 12.9. The number of rotatable bonds is 7. The minimum atomic E-state index is -0.883. The van der Waals surface area contributed by atoms with Gasteiger partial charge in [0.05, 0.1) is 20.6 Å². The smallest absolute Gasteiger partial charge is 0.279 e. The number of amides is 2. The highest BCUT2D eigenvalue weighted by Gasteiger charge is 2.16. The van der Waals surface area contributed by atoms with Crippen LogP contribution in [0, 0.1) is 5.82 Å². The summed E-state index contributed by atoms with van der Waals surface area (Å²) in [6, 6.07) is 10.4. The van der Waals surface area contributed by atoms with Crippen molar-refractivity contribution in [3.8, 4) is 17.2 Å². The van der Waals surface area contributed by atoms with E-state index in [1.165, 1.54) is 45.4 Å². The van der Waals surface area contributed by atoms with E-state index in [-0.39, 0.29) is 6.42 Å². The number of hydrogen-bond donors (Lipinski definition) is 2. The number of halogens is 1. The predicted molar refractivity (Wildman–Crippen MR) is 96.0 cm³/mol. The Morgan fingerprint density at radius 3 is 2.30 bits per heavy atom. The third kappa shape index (κ3) is 5.88. The molecule has 0 unspecified atom stereocenters. The predicted octanol–water partition coefficient (Wildman–Crippen LogP) is 2.00. The van der Waals surface area contributed by atoms with E-state index in [4.69, 9.17) is 14.2 Å². The van der Waals surface area contributed by atoms with Crippen molar-refractivity contribution >= 4 is 11.8 Å². The number of hydrogen-bond acceptors (Lipinski definition) is 5. The average molecular weight is 376 g/mol. The molecule has 1 atom stereocenters. The molecular weight excluding hydrogens is 355 g/mol. The maximum absolute atomic E-state index is 12.9. The lowest BCUT2D eigenvalue weighted by Crippen LogP contribution is -2.47. The van der Waals surface area contributed by atoms with Crippen LogP contribution in [-0.2, 0) is 16.0 Å². The zero-order valence-corrected chi connectivity index (χ0v) is 15.2. The van der Waals surface area contributed by atoms with Gasteiger partial charge in [-0.1, -0.05) is 6.07 Å². The molecule has 144 valence electrons. The van der Waals surface area contributed by atoms with Gasteiger partial charge in [-0.25, -0.2) is 4.39 Å². The van der Waals surface area contributed by atoms with E-state index in [1.54, 1.807) is 18.2 Å². The lowest BCUT2D eigenvalue weighted by molar-refractivity contribution is -0.132. The van der Waals surface area contributed by atoms with Gasteiger partial charge in [-0.2, -0.15) is 0 Å². The van der Waals surface area contributed by atoms with Crippen LogP contribution in [0.2, 0.25) is 0 Å². The quantitative estimate of drug-likeness (QED) is 0.722. The summed E-state index contributed by atoms with van der Waals surface area (Å²) in [7, 11) is 3.03. The molecule has 7 nitrogen and oxygen atoms in total. The molecule has 0 radical (unpaired) electrons. The number of nitrogens with one attached hydrogen (secondary N) is 2. The lowest BCUT2D eigenvalue weighted by atomic mass is 10.1. The van der Waals surface area contributed by atoms with E-state index >= 15 is 0 Å². The van der Waals surface area contributed by atoms with Crippen LogP contribution in [0.1, 0.15) is 12.5 Å². The molecule has 8 heteroatoms. The molecule has 2 amide bonds. The topological polar surface area (TPSA) is 85.9 Å². The van der Waals surface area contributed by atoms with Crippen LogP contribution in [0.4, 0.5) is 4.39 Å². The molecule has 0 aliphatic rings. The normalized spacial score (nSPS) is 11.3. The molecule has 0 fully saturated rings. The first kappa shape index (κ1) is 20.0. The minimum Gasteiger partial charge on any atom is -0.497 e. The molecule has 0 aromatic heterocycles. The summed E-state index contributed by atoms with van der Waals surface area (Å²) in [5, 5.41) is 0. The SMILES string of the molecule is COc1ccc(CC(=O)NNC(=O)[C@H](C)Oc2ccc(F)cc2)c(OC)c1. The highest BCUT2D eigenvalue weighted by molar-refractivity contribution is 5.85. The van der Waals surface area contributed by atoms with E-state index in [9.17, 15) is 14.0 Å². The Labute approximate surface area is 156 Å². The van der Waals surface area contributed by atoms with E-state index < -0.39 is 23.7 Å². The Morgan fingerprint density at radius 2 is 1.67 bits per heavy atom. The molecule has 0 saturated carbocycles. The summed E-state index contributed by atoms with van der Waals surface area (Å²) >= 11 is 0. The van der Waals surface area contributed by atoms with Crippen LogP contribution < -0.4 is 25.1 Å². The van der Waals surface area contributed by atoms with Crippen molar-refractivity contribution in [2.24, 2.45) is 0 Å². The zero-order chi connectivity index (χ0) is 19.8. The molecule has 2 rings (SSSR count). The van der Waals surface area contributed by atoms with Gasteiger partial charge in [0.25, 0.3) is 5.91 Å². The van der Waals surface area contributed by atoms with E-state index in [2.05, 4.69) is 10.9 Å². The van der Waals surface area contributed by atoms with Gasteiger partial charge in [-0.3, -0.25) is 20.4 Å². The molecule has 0 bridgehead atoms. The lowest BCUT2D eigenvalue weighted by Gasteiger charge is -2.15. The molecular formula is C19H21FN2O5. The Morgan fingerprint density at radius 1 is 1.00 bits per heavy atom. The van der Waals surface area contributed by atoms with Crippen LogP contribution in [0.5, 0.6) is 17.2 Å². The number of methoxy groups -OCH3 is 2. The van der Waals surface area contributed by atoms with E-state index in [0.29, 0.717) is 22.8 Å². The molecule has 0 aliphatic carbocycles.